The van der Waals surface area contributed by atoms with Crippen LogP contribution in [0.15, 0.2) is 12.1 Å². The molecule has 16 heavy (non-hydrogen) atoms. The van der Waals surface area contributed by atoms with Crippen LogP contribution in [0, 0.1) is 5.92 Å². The van der Waals surface area contributed by atoms with Crippen molar-refractivity contribution in [3.8, 4) is 5.88 Å². The van der Waals surface area contributed by atoms with Crippen LogP contribution in [-0.4, -0.2) is 22.2 Å². The van der Waals surface area contributed by atoms with Crippen LogP contribution in [0.5, 0.6) is 5.88 Å². The Labute approximate surface area is 99.2 Å². The van der Waals surface area contributed by atoms with Gasteiger partial charge in [0.15, 0.2) is 0 Å². The lowest BCUT2D eigenvalue weighted by Crippen LogP contribution is -2.19. The second kappa shape index (κ2) is 5.16. The lowest BCUT2D eigenvalue weighted by atomic mass is 10.1. The van der Waals surface area contributed by atoms with Gasteiger partial charge in [0.25, 0.3) is 0 Å². The van der Waals surface area contributed by atoms with Gasteiger partial charge >= 0.3 is 5.97 Å². The summed E-state index contributed by atoms with van der Waals surface area (Å²) < 4.78 is 5.49. The van der Waals surface area contributed by atoms with Crippen molar-refractivity contribution in [3.63, 3.8) is 0 Å². The van der Waals surface area contributed by atoms with Gasteiger partial charge in [-0.3, -0.25) is 0 Å². The van der Waals surface area contributed by atoms with E-state index in [1.165, 1.54) is 12.1 Å². The van der Waals surface area contributed by atoms with Crippen molar-refractivity contribution in [1.29, 1.82) is 0 Å². The Hall–Kier alpha value is -1.29. The van der Waals surface area contributed by atoms with Crippen LogP contribution in [-0.2, 0) is 0 Å². The van der Waals surface area contributed by atoms with Crippen LogP contribution in [0.2, 0.25) is 5.15 Å². The summed E-state index contributed by atoms with van der Waals surface area (Å²) in [6, 6.07) is 2.66. The molecule has 1 unspecified atom stereocenters. The number of pyridine rings is 1. The average Bonchev–Trinajstić information content (AvgIpc) is 2.16. The van der Waals surface area contributed by atoms with Gasteiger partial charge in [0.1, 0.15) is 5.15 Å². The Kier molecular flexibility index (Phi) is 4.12. The molecule has 0 aliphatic heterocycles. The first kappa shape index (κ1) is 12.8. The molecule has 0 saturated carbocycles. The highest BCUT2D eigenvalue weighted by Crippen LogP contribution is 2.19. The highest BCUT2D eigenvalue weighted by Gasteiger charge is 2.13. The lowest BCUT2D eigenvalue weighted by molar-refractivity contribution is 0.0695. The summed E-state index contributed by atoms with van der Waals surface area (Å²) in [4.78, 5) is 14.7. The summed E-state index contributed by atoms with van der Waals surface area (Å²) >= 11 is 5.70. The highest BCUT2D eigenvalue weighted by atomic mass is 35.5. The molecule has 0 aromatic carbocycles. The number of carboxylic acids is 1. The number of carboxylic acid groups (broad SMARTS) is 1. The maximum atomic E-state index is 10.8. The molecule has 0 aliphatic carbocycles. The number of aromatic nitrogens is 1. The molecule has 0 saturated heterocycles. The molecule has 0 spiro atoms. The first-order valence-electron chi connectivity index (χ1n) is 4.97. The Morgan fingerprint density at radius 3 is 2.56 bits per heavy atom. The van der Waals surface area contributed by atoms with Gasteiger partial charge in [0.05, 0.1) is 11.7 Å². The fourth-order valence-electron chi connectivity index (χ4n) is 0.983. The Morgan fingerprint density at radius 2 is 2.06 bits per heavy atom. The maximum Gasteiger partial charge on any atom is 0.335 e. The van der Waals surface area contributed by atoms with Gasteiger partial charge in [-0.05, 0) is 18.9 Å². The van der Waals surface area contributed by atoms with Crippen molar-refractivity contribution < 1.29 is 14.6 Å². The van der Waals surface area contributed by atoms with Crippen LogP contribution in [0.25, 0.3) is 0 Å². The number of hydrogen-bond acceptors (Lipinski definition) is 3. The fraction of sp³-hybridized carbons (Fsp3) is 0.455. The molecule has 0 fully saturated rings. The summed E-state index contributed by atoms with van der Waals surface area (Å²) in [5, 5.41) is 8.95. The minimum absolute atomic E-state index is 0.0485. The number of hydrogen-bond donors (Lipinski definition) is 1. The van der Waals surface area contributed by atoms with Gasteiger partial charge in [0, 0.05) is 6.07 Å². The number of ether oxygens (including phenoxy) is 1. The molecule has 0 amide bonds. The normalized spacial score (nSPS) is 12.6. The summed E-state index contributed by atoms with van der Waals surface area (Å²) in [6.45, 7) is 5.91. The van der Waals surface area contributed by atoms with Gasteiger partial charge < -0.3 is 9.84 Å². The molecule has 1 heterocycles. The van der Waals surface area contributed by atoms with Crippen molar-refractivity contribution in [3.05, 3.63) is 22.8 Å². The summed E-state index contributed by atoms with van der Waals surface area (Å²) in [6.07, 6.45) is -0.0485. The molecule has 1 rings (SSSR count). The molecule has 0 aliphatic rings. The number of halogens is 1. The molecule has 1 aromatic rings. The van der Waals surface area contributed by atoms with Gasteiger partial charge in [-0.25, -0.2) is 9.78 Å². The number of rotatable bonds is 4. The van der Waals surface area contributed by atoms with Gasteiger partial charge in [-0.15, -0.1) is 0 Å². The quantitative estimate of drug-likeness (QED) is 0.826. The topological polar surface area (TPSA) is 59.4 Å². The van der Waals surface area contributed by atoms with E-state index in [9.17, 15) is 4.79 Å². The third-order valence-electron chi connectivity index (χ3n) is 2.26. The molecule has 4 nitrogen and oxygen atoms in total. The van der Waals surface area contributed by atoms with Gasteiger partial charge in [-0.2, -0.15) is 0 Å². The van der Waals surface area contributed by atoms with E-state index < -0.39 is 5.97 Å². The van der Waals surface area contributed by atoms with E-state index in [0.717, 1.165) is 0 Å². The second-order valence-corrected chi connectivity index (χ2v) is 4.28. The maximum absolute atomic E-state index is 10.8. The molecule has 88 valence electrons. The second-order valence-electron chi connectivity index (χ2n) is 3.89. The molecule has 1 aromatic heterocycles. The van der Waals surface area contributed by atoms with E-state index in [2.05, 4.69) is 4.98 Å². The highest BCUT2D eigenvalue weighted by molar-refractivity contribution is 6.29. The molecule has 5 heteroatoms. The number of nitrogens with zero attached hydrogens (tertiary/aromatic N) is 1. The summed E-state index contributed by atoms with van der Waals surface area (Å²) in [5.74, 6) is -0.494. The zero-order valence-electron chi connectivity index (χ0n) is 9.40. The van der Waals surface area contributed by atoms with Crippen molar-refractivity contribution >= 4 is 17.6 Å². The van der Waals surface area contributed by atoms with Crippen LogP contribution in [0.1, 0.15) is 31.1 Å². The third-order valence-corrected chi connectivity index (χ3v) is 2.46. The SMILES string of the molecule is CC(C)C(C)Oc1cc(C(=O)O)cc(Cl)n1. The molecular weight excluding hydrogens is 230 g/mol. The van der Waals surface area contributed by atoms with E-state index in [-0.39, 0.29) is 22.7 Å². The molecular formula is C11H14ClNO3. The number of aromatic carboxylic acids is 1. The Morgan fingerprint density at radius 1 is 1.44 bits per heavy atom. The molecule has 0 bridgehead atoms. The first-order valence-corrected chi connectivity index (χ1v) is 5.35. The molecule has 1 atom stereocenters. The standard InChI is InChI=1S/C11H14ClNO3/c1-6(2)7(3)16-10-5-8(11(14)15)4-9(12)13-10/h4-7H,1-3H3,(H,14,15). The van der Waals surface area contributed by atoms with Crippen molar-refractivity contribution in [2.24, 2.45) is 5.92 Å². The minimum atomic E-state index is -1.05. The van der Waals surface area contributed by atoms with E-state index in [0.29, 0.717) is 5.92 Å². The van der Waals surface area contributed by atoms with Crippen LogP contribution < -0.4 is 4.74 Å². The zero-order chi connectivity index (χ0) is 12.3. The first-order chi connectivity index (χ1) is 7.40. The van der Waals surface area contributed by atoms with Crippen molar-refractivity contribution in [2.75, 3.05) is 0 Å². The van der Waals surface area contributed by atoms with Gasteiger partial charge in [0.2, 0.25) is 5.88 Å². The fourth-order valence-corrected chi connectivity index (χ4v) is 1.18. The predicted molar refractivity (Wildman–Crippen MR) is 61.1 cm³/mol. The van der Waals surface area contributed by atoms with Crippen LogP contribution in [0.3, 0.4) is 0 Å². The van der Waals surface area contributed by atoms with Crippen LogP contribution in [0.4, 0.5) is 0 Å². The summed E-state index contributed by atoms with van der Waals surface area (Å²) in [5.41, 5.74) is 0.0750. The van der Waals surface area contributed by atoms with Crippen molar-refractivity contribution in [2.45, 2.75) is 26.9 Å². The summed E-state index contributed by atoms with van der Waals surface area (Å²) in [7, 11) is 0. The number of carbonyl (C=O) groups is 1. The predicted octanol–water partition coefficient (Wildman–Crippen LogP) is 2.86. The third kappa shape index (κ3) is 3.38. The minimum Gasteiger partial charge on any atom is -0.478 e. The van der Waals surface area contributed by atoms with E-state index >= 15 is 0 Å². The largest absolute Gasteiger partial charge is 0.478 e. The van der Waals surface area contributed by atoms with Crippen molar-refractivity contribution in [1.82, 2.24) is 4.98 Å². The molecule has 1 N–H and O–H groups in total. The van der Waals surface area contributed by atoms with Crippen LogP contribution >= 0.6 is 11.6 Å². The lowest BCUT2D eigenvalue weighted by Gasteiger charge is -2.17. The smallest absolute Gasteiger partial charge is 0.335 e. The average molecular weight is 244 g/mol. The van der Waals surface area contributed by atoms with Gasteiger partial charge in [-0.1, -0.05) is 25.4 Å². The van der Waals surface area contributed by atoms with E-state index in [1.54, 1.807) is 0 Å². The Balaban J connectivity index is 2.92. The zero-order valence-corrected chi connectivity index (χ0v) is 10.2. The Bertz CT molecular complexity index is 393. The monoisotopic (exact) mass is 243 g/mol. The van der Waals surface area contributed by atoms with E-state index in [4.69, 9.17) is 21.4 Å². The van der Waals surface area contributed by atoms with E-state index in [1.807, 2.05) is 20.8 Å². The molecule has 0 radical (unpaired) electrons.